The molecule has 108 valence electrons. The second-order valence-corrected chi connectivity index (χ2v) is 6.11. The molecule has 19 heavy (non-hydrogen) atoms. The van der Waals surface area contributed by atoms with Crippen LogP contribution in [0.2, 0.25) is 0 Å². The Morgan fingerprint density at radius 1 is 1.32 bits per heavy atom. The van der Waals surface area contributed by atoms with E-state index in [0.717, 1.165) is 46.2 Å². The summed E-state index contributed by atoms with van der Waals surface area (Å²) >= 11 is 7.01. The van der Waals surface area contributed by atoms with Gasteiger partial charge in [-0.2, -0.15) is 0 Å². The highest BCUT2D eigenvalue weighted by Crippen LogP contribution is 2.32. The van der Waals surface area contributed by atoms with Gasteiger partial charge in [0, 0.05) is 16.6 Å². The highest BCUT2D eigenvalue weighted by molar-refractivity contribution is 9.11. The first kappa shape index (κ1) is 17.0. The van der Waals surface area contributed by atoms with Gasteiger partial charge in [0.05, 0.1) is 17.2 Å². The molecule has 0 saturated carbocycles. The van der Waals surface area contributed by atoms with Gasteiger partial charge in [-0.25, -0.2) is 0 Å². The third-order valence-electron chi connectivity index (χ3n) is 2.82. The molecule has 0 heterocycles. The highest BCUT2D eigenvalue weighted by Gasteiger charge is 2.10. The number of hydrogen-bond acceptors (Lipinski definition) is 3. The molecule has 1 rings (SSSR count). The van der Waals surface area contributed by atoms with E-state index in [-0.39, 0.29) is 6.10 Å². The number of halogens is 2. The molecule has 1 aromatic rings. The molecule has 3 nitrogen and oxygen atoms in total. The number of aliphatic hydroxyl groups is 1. The fourth-order valence-electron chi connectivity index (χ4n) is 1.75. The molecular weight excluding hydrogens is 374 g/mol. The molecule has 0 spiro atoms. The van der Waals surface area contributed by atoms with Gasteiger partial charge in [-0.3, -0.25) is 0 Å². The zero-order valence-electron chi connectivity index (χ0n) is 11.4. The molecule has 0 aromatic heterocycles. The van der Waals surface area contributed by atoms with Crippen molar-refractivity contribution in [2.45, 2.75) is 39.3 Å². The molecule has 5 heteroatoms. The van der Waals surface area contributed by atoms with Crippen LogP contribution in [0.5, 0.6) is 5.75 Å². The van der Waals surface area contributed by atoms with Gasteiger partial charge in [-0.1, -0.05) is 22.9 Å². The van der Waals surface area contributed by atoms with Gasteiger partial charge in [0.25, 0.3) is 0 Å². The molecule has 1 aromatic carbocycles. The SMILES string of the molecule is CCOc1c(Br)cc(Br)cc1CNCCC(O)CC. The van der Waals surface area contributed by atoms with Crippen LogP contribution in [-0.4, -0.2) is 24.4 Å². The van der Waals surface area contributed by atoms with Crippen LogP contribution in [0.4, 0.5) is 0 Å². The van der Waals surface area contributed by atoms with Gasteiger partial charge < -0.3 is 15.2 Å². The first-order valence-corrected chi connectivity index (χ1v) is 8.16. The number of aliphatic hydroxyl groups excluding tert-OH is 1. The van der Waals surface area contributed by atoms with Gasteiger partial charge in [0.15, 0.2) is 0 Å². The van der Waals surface area contributed by atoms with Crippen LogP contribution in [0.25, 0.3) is 0 Å². The van der Waals surface area contributed by atoms with Crippen molar-refractivity contribution in [2.24, 2.45) is 0 Å². The quantitative estimate of drug-likeness (QED) is 0.657. The fraction of sp³-hybridized carbons (Fsp3) is 0.571. The molecule has 0 radical (unpaired) electrons. The van der Waals surface area contributed by atoms with E-state index < -0.39 is 0 Å². The third-order valence-corrected chi connectivity index (χ3v) is 3.86. The van der Waals surface area contributed by atoms with E-state index in [9.17, 15) is 5.11 Å². The summed E-state index contributed by atoms with van der Waals surface area (Å²) in [7, 11) is 0. The average molecular weight is 395 g/mol. The molecule has 0 amide bonds. The average Bonchev–Trinajstić information content (AvgIpc) is 2.38. The van der Waals surface area contributed by atoms with E-state index in [2.05, 4.69) is 43.2 Å². The van der Waals surface area contributed by atoms with Crippen molar-refractivity contribution >= 4 is 31.9 Å². The summed E-state index contributed by atoms with van der Waals surface area (Å²) in [5.41, 5.74) is 1.11. The van der Waals surface area contributed by atoms with Gasteiger partial charge in [-0.15, -0.1) is 0 Å². The van der Waals surface area contributed by atoms with Gasteiger partial charge in [0.2, 0.25) is 0 Å². The van der Waals surface area contributed by atoms with Gasteiger partial charge in [0.1, 0.15) is 5.75 Å². The van der Waals surface area contributed by atoms with Crippen LogP contribution in [0.15, 0.2) is 21.1 Å². The first-order valence-electron chi connectivity index (χ1n) is 6.58. The van der Waals surface area contributed by atoms with Gasteiger partial charge in [-0.05, 0) is 54.4 Å². The zero-order chi connectivity index (χ0) is 14.3. The Labute approximate surface area is 132 Å². The number of hydrogen-bond donors (Lipinski definition) is 2. The molecule has 1 unspecified atom stereocenters. The molecule has 0 saturated heterocycles. The first-order chi connectivity index (χ1) is 9.08. The summed E-state index contributed by atoms with van der Waals surface area (Å²) in [6, 6.07) is 4.04. The van der Waals surface area contributed by atoms with Crippen molar-refractivity contribution in [3.8, 4) is 5.75 Å². The van der Waals surface area contributed by atoms with E-state index in [1.165, 1.54) is 0 Å². The monoisotopic (exact) mass is 393 g/mol. The second-order valence-electron chi connectivity index (χ2n) is 4.34. The number of ether oxygens (including phenoxy) is 1. The summed E-state index contributed by atoms with van der Waals surface area (Å²) in [6.45, 7) is 6.13. The third kappa shape index (κ3) is 5.81. The Morgan fingerprint density at radius 3 is 2.68 bits per heavy atom. The predicted molar refractivity (Wildman–Crippen MR) is 85.6 cm³/mol. The molecule has 0 aliphatic heterocycles. The van der Waals surface area contributed by atoms with Crippen LogP contribution in [0.3, 0.4) is 0 Å². The Hall–Kier alpha value is -0.100. The van der Waals surface area contributed by atoms with Crippen molar-refractivity contribution in [3.63, 3.8) is 0 Å². The van der Waals surface area contributed by atoms with Crippen LogP contribution < -0.4 is 10.1 Å². The normalized spacial score (nSPS) is 12.5. The maximum atomic E-state index is 9.50. The lowest BCUT2D eigenvalue weighted by molar-refractivity contribution is 0.159. The molecule has 0 bridgehead atoms. The number of nitrogens with one attached hydrogen (secondary N) is 1. The minimum atomic E-state index is -0.215. The maximum Gasteiger partial charge on any atom is 0.138 e. The van der Waals surface area contributed by atoms with E-state index in [0.29, 0.717) is 6.61 Å². The Kier molecular flexibility index (Phi) is 7.99. The predicted octanol–water partition coefficient (Wildman–Crippen LogP) is 3.86. The molecule has 0 aliphatic rings. The van der Waals surface area contributed by atoms with Crippen molar-refractivity contribution in [3.05, 3.63) is 26.6 Å². The van der Waals surface area contributed by atoms with Crippen molar-refractivity contribution in [2.75, 3.05) is 13.2 Å². The van der Waals surface area contributed by atoms with Crippen LogP contribution in [0.1, 0.15) is 32.3 Å². The van der Waals surface area contributed by atoms with Crippen molar-refractivity contribution in [1.82, 2.24) is 5.32 Å². The lowest BCUT2D eigenvalue weighted by atomic mass is 10.2. The van der Waals surface area contributed by atoms with E-state index >= 15 is 0 Å². The smallest absolute Gasteiger partial charge is 0.138 e. The van der Waals surface area contributed by atoms with E-state index in [4.69, 9.17) is 4.74 Å². The molecular formula is C14H21Br2NO2. The van der Waals surface area contributed by atoms with Crippen LogP contribution >= 0.6 is 31.9 Å². The summed E-state index contributed by atoms with van der Waals surface area (Å²) < 4.78 is 7.64. The number of benzene rings is 1. The zero-order valence-corrected chi connectivity index (χ0v) is 14.6. The molecule has 2 N–H and O–H groups in total. The minimum absolute atomic E-state index is 0.215. The Balaban J connectivity index is 2.61. The maximum absolute atomic E-state index is 9.50. The van der Waals surface area contributed by atoms with E-state index in [1.807, 2.05) is 19.9 Å². The number of rotatable bonds is 8. The minimum Gasteiger partial charge on any atom is -0.492 e. The van der Waals surface area contributed by atoms with Gasteiger partial charge >= 0.3 is 0 Å². The molecule has 0 fully saturated rings. The largest absolute Gasteiger partial charge is 0.492 e. The summed E-state index contributed by atoms with van der Waals surface area (Å²) in [4.78, 5) is 0. The topological polar surface area (TPSA) is 41.5 Å². The van der Waals surface area contributed by atoms with Crippen LogP contribution in [-0.2, 0) is 6.54 Å². The van der Waals surface area contributed by atoms with Crippen LogP contribution in [0, 0.1) is 0 Å². The highest BCUT2D eigenvalue weighted by atomic mass is 79.9. The van der Waals surface area contributed by atoms with Crippen molar-refractivity contribution < 1.29 is 9.84 Å². The molecule has 0 aliphatic carbocycles. The summed E-state index contributed by atoms with van der Waals surface area (Å²) in [6.07, 6.45) is 1.36. The Morgan fingerprint density at radius 2 is 2.05 bits per heavy atom. The standard InChI is InChI=1S/C14H21Br2NO2/c1-3-12(18)5-6-17-9-10-7-11(15)8-13(16)14(10)19-4-2/h7-8,12,17-18H,3-6,9H2,1-2H3. The summed E-state index contributed by atoms with van der Waals surface area (Å²) in [5.74, 6) is 0.884. The fourth-order valence-corrected chi connectivity index (χ4v) is 3.17. The second kappa shape index (κ2) is 8.95. The lowest BCUT2D eigenvalue weighted by Gasteiger charge is -2.14. The van der Waals surface area contributed by atoms with Crippen molar-refractivity contribution in [1.29, 1.82) is 0 Å². The van der Waals surface area contributed by atoms with E-state index in [1.54, 1.807) is 0 Å². The Bertz CT molecular complexity index is 399. The molecule has 1 atom stereocenters. The summed E-state index contributed by atoms with van der Waals surface area (Å²) in [5, 5.41) is 12.8. The lowest BCUT2D eigenvalue weighted by Crippen LogP contribution is -2.20.